The highest BCUT2D eigenvalue weighted by molar-refractivity contribution is 5.84. The second-order valence-corrected chi connectivity index (χ2v) is 5.86. The van der Waals surface area contributed by atoms with Crippen LogP contribution in [0.25, 0.3) is 0 Å². The lowest BCUT2D eigenvalue weighted by molar-refractivity contribution is -0.123. The van der Waals surface area contributed by atoms with E-state index >= 15 is 0 Å². The Morgan fingerprint density at radius 1 is 1.23 bits per heavy atom. The third-order valence-corrected chi connectivity index (χ3v) is 2.60. The van der Waals surface area contributed by atoms with E-state index in [0.717, 1.165) is 5.56 Å². The predicted molar refractivity (Wildman–Crippen MR) is 82.4 cm³/mol. The van der Waals surface area contributed by atoms with E-state index in [2.05, 4.69) is 10.6 Å². The van der Waals surface area contributed by atoms with Crippen molar-refractivity contribution in [2.24, 2.45) is 0 Å². The Morgan fingerprint density at radius 3 is 2.41 bits per heavy atom. The van der Waals surface area contributed by atoms with Crippen LogP contribution in [-0.2, 0) is 20.7 Å². The Kier molecular flexibility index (Phi) is 6.56. The van der Waals surface area contributed by atoms with Gasteiger partial charge in [-0.25, -0.2) is 4.79 Å². The maximum Gasteiger partial charge on any atom is 0.408 e. The molecule has 0 saturated carbocycles. The Balaban J connectivity index is 2.39. The molecule has 0 saturated heterocycles. The van der Waals surface area contributed by atoms with E-state index in [-0.39, 0.29) is 6.54 Å². The van der Waals surface area contributed by atoms with Crippen molar-refractivity contribution in [2.75, 3.05) is 6.54 Å². The highest BCUT2D eigenvalue weighted by Gasteiger charge is 2.17. The van der Waals surface area contributed by atoms with Crippen LogP contribution in [0.3, 0.4) is 0 Å². The van der Waals surface area contributed by atoms with Crippen LogP contribution in [0.15, 0.2) is 30.3 Å². The third kappa shape index (κ3) is 7.42. The number of rotatable bonds is 6. The van der Waals surface area contributed by atoms with Crippen molar-refractivity contribution in [1.29, 1.82) is 0 Å². The summed E-state index contributed by atoms with van der Waals surface area (Å²) >= 11 is 0. The molecule has 22 heavy (non-hydrogen) atoms. The smallest absolute Gasteiger partial charge is 0.408 e. The predicted octanol–water partition coefficient (Wildman–Crippen LogP) is 1.44. The van der Waals surface area contributed by atoms with Crippen LogP contribution >= 0.6 is 0 Å². The molecule has 0 fully saturated rings. The number of amides is 2. The quantitative estimate of drug-likeness (QED) is 0.779. The summed E-state index contributed by atoms with van der Waals surface area (Å²) in [6.45, 7) is 4.95. The summed E-state index contributed by atoms with van der Waals surface area (Å²) in [7, 11) is 0. The average molecular weight is 306 g/mol. The minimum Gasteiger partial charge on any atom is -0.444 e. The zero-order valence-electron chi connectivity index (χ0n) is 13.1. The molecular formula is C16H22N2O4. The monoisotopic (exact) mass is 306 g/mol. The van der Waals surface area contributed by atoms with Crippen LogP contribution in [0, 0.1) is 0 Å². The molecule has 2 amide bonds. The van der Waals surface area contributed by atoms with Crippen molar-refractivity contribution >= 4 is 18.3 Å². The fraction of sp³-hybridized carbons (Fsp3) is 0.438. The molecule has 1 aromatic carbocycles. The number of benzene rings is 1. The molecule has 0 aliphatic heterocycles. The largest absolute Gasteiger partial charge is 0.444 e. The van der Waals surface area contributed by atoms with Crippen molar-refractivity contribution in [3.05, 3.63) is 35.9 Å². The van der Waals surface area contributed by atoms with Crippen molar-refractivity contribution in [3.8, 4) is 0 Å². The van der Waals surface area contributed by atoms with Crippen molar-refractivity contribution in [3.63, 3.8) is 0 Å². The number of hydrogen-bond acceptors (Lipinski definition) is 4. The van der Waals surface area contributed by atoms with Gasteiger partial charge in [-0.15, -0.1) is 0 Å². The second-order valence-electron chi connectivity index (χ2n) is 5.86. The molecule has 0 heterocycles. The van der Waals surface area contributed by atoms with Gasteiger partial charge < -0.3 is 20.2 Å². The zero-order chi connectivity index (χ0) is 16.6. The van der Waals surface area contributed by atoms with Gasteiger partial charge in [0.05, 0.1) is 6.04 Å². The van der Waals surface area contributed by atoms with Gasteiger partial charge in [0.2, 0.25) is 5.91 Å². The standard InChI is InChI=1S/C16H22N2O4/c1-16(2,3)22-15(21)17-10-14(20)18-13(11-19)9-12-7-5-4-6-8-12/h4-8,11,13H,9-10H2,1-3H3,(H,17,21)(H,18,20). The number of carbonyl (C=O) groups excluding carboxylic acids is 3. The van der Waals surface area contributed by atoms with Gasteiger partial charge in [0.1, 0.15) is 18.4 Å². The molecule has 0 spiro atoms. The van der Waals surface area contributed by atoms with Gasteiger partial charge in [-0.2, -0.15) is 0 Å². The van der Waals surface area contributed by atoms with Crippen molar-refractivity contribution in [2.45, 2.75) is 38.8 Å². The lowest BCUT2D eigenvalue weighted by Crippen LogP contribution is -2.44. The molecule has 0 radical (unpaired) electrons. The Labute approximate surface area is 130 Å². The van der Waals surface area contributed by atoms with Crippen molar-refractivity contribution < 1.29 is 19.1 Å². The van der Waals surface area contributed by atoms with E-state index in [1.165, 1.54) is 0 Å². The summed E-state index contributed by atoms with van der Waals surface area (Å²) in [5, 5.41) is 4.90. The first-order chi connectivity index (χ1) is 10.3. The number of ether oxygens (including phenoxy) is 1. The maximum absolute atomic E-state index is 11.7. The SMILES string of the molecule is CC(C)(C)OC(=O)NCC(=O)NC(C=O)Cc1ccccc1. The topological polar surface area (TPSA) is 84.5 Å². The fourth-order valence-electron chi connectivity index (χ4n) is 1.73. The first kappa shape index (κ1) is 17.7. The van der Waals surface area contributed by atoms with Gasteiger partial charge >= 0.3 is 6.09 Å². The van der Waals surface area contributed by atoms with E-state index in [0.29, 0.717) is 12.7 Å². The molecule has 6 nitrogen and oxygen atoms in total. The van der Waals surface area contributed by atoms with Gasteiger partial charge in [-0.3, -0.25) is 4.79 Å². The van der Waals surface area contributed by atoms with Crippen LogP contribution in [0.4, 0.5) is 4.79 Å². The normalized spacial score (nSPS) is 12.1. The van der Waals surface area contributed by atoms with Gasteiger partial charge in [-0.05, 0) is 32.8 Å². The first-order valence-corrected chi connectivity index (χ1v) is 7.05. The Morgan fingerprint density at radius 2 is 1.86 bits per heavy atom. The third-order valence-electron chi connectivity index (χ3n) is 2.60. The molecule has 0 aromatic heterocycles. The van der Waals surface area contributed by atoms with Gasteiger partial charge in [0.25, 0.3) is 0 Å². The molecule has 1 aromatic rings. The van der Waals surface area contributed by atoms with E-state index < -0.39 is 23.6 Å². The number of alkyl carbamates (subject to hydrolysis) is 1. The number of aldehydes is 1. The van der Waals surface area contributed by atoms with Crippen LogP contribution in [0.5, 0.6) is 0 Å². The average Bonchev–Trinajstić information content (AvgIpc) is 2.44. The van der Waals surface area contributed by atoms with Crippen LogP contribution in [0.2, 0.25) is 0 Å². The highest BCUT2D eigenvalue weighted by atomic mass is 16.6. The molecular weight excluding hydrogens is 284 g/mol. The number of nitrogens with one attached hydrogen (secondary N) is 2. The fourth-order valence-corrected chi connectivity index (χ4v) is 1.73. The molecule has 1 atom stereocenters. The molecule has 0 aliphatic carbocycles. The molecule has 6 heteroatoms. The lowest BCUT2D eigenvalue weighted by atomic mass is 10.1. The summed E-state index contributed by atoms with van der Waals surface area (Å²) in [5.74, 6) is -0.445. The zero-order valence-corrected chi connectivity index (χ0v) is 13.1. The van der Waals surface area contributed by atoms with Gasteiger partial charge in [0, 0.05) is 0 Å². The minimum absolute atomic E-state index is 0.242. The summed E-state index contributed by atoms with van der Waals surface area (Å²) < 4.78 is 5.02. The number of hydrogen-bond donors (Lipinski definition) is 2. The van der Waals surface area contributed by atoms with E-state index in [1.54, 1.807) is 20.8 Å². The van der Waals surface area contributed by atoms with E-state index in [1.807, 2.05) is 30.3 Å². The molecule has 0 bridgehead atoms. The summed E-state index contributed by atoms with van der Waals surface area (Å²) in [5.41, 5.74) is 0.319. The molecule has 2 N–H and O–H groups in total. The van der Waals surface area contributed by atoms with Crippen molar-refractivity contribution in [1.82, 2.24) is 10.6 Å². The molecule has 1 rings (SSSR count). The molecule has 0 aliphatic rings. The van der Waals surface area contributed by atoms with E-state index in [9.17, 15) is 14.4 Å². The van der Waals surface area contributed by atoms with Crippen LogP contribution in [-0.4, -0.2) is 36.5 Å². The first-order valence-electron chi connectivity index (χ1n) is 7.05. The Bertz CT molecular complexity index is 509. The summed E-state index contributed by atoms with van der Waals surface area (Å²) in [6, 6.07) is 8.73. The summed E-state index contributed by atoms with van der Waals surface area (Å²) in [6.07, 6.45) is 0.411. The van der Waals surface area contributed by atoms with Gasteiger partial charge in [-0.1, -0.05) is 30.3 Å². The van der Waals surface area contributed by atoms with Crippen LogP contribution in [0.1, 0.15) is 26.3 Å². The maximum atomic E-state index is 11.7. The molecule has 1 unspecified atom stereocenters. The number of carbonyl (C=O) groups is 3. The minimum atomic E-state index is -0.673. The van der Waals surface area contributed by atoms with E-state index in [4.69, 9.17) is 4.74 Å². The summed E-state index contributed by atoms with van der Waals surface area (Å²) in [4.78, 5) is 34.2. The van der Waals surface area contributed by atoms with Crippen LogP contribution < -0.4 is 10.6 Å². The molecule has 120 valence electrons. The lowest BCUT2D eigenvalue weighted by Gasteiger charge is -2.20. The Hall–Kier alpha value is -2.37. The van der Waals surface area contributed by atoms with Gasteiger partial charge in [0.15, 0.2) is 0 Å². The highest BCUT2D eigenvalue weighted by Crippen LogP contribution is 2.06. The second kappa shape index (κ2) is 8.17.